The minimum absolute atomic E-state index is 0.141. The van der Waals surface area contributed by atoms with Crippen molar-refractivity contribution in [2.24, 2.45) is 5.92 Å². The molecule has 0 heterocycles. The Bertz CT molecular complexity index is 444. The highest BCUT2D eigenvalue weighted by atomic mass is 16.6. The van der Waals surface area contributed by atoms with E-state index in [-0.39, 0.29) is 28.6 Å². The Kier molecular flexibility index (Phi) is 3.15. The number of benzene rings is 1. The highest BCUT2D eigenvalue weighted by Crippen LogP contribution is 2.46. The molecule has 1 aromatic rings. The van der Waals surface area contributed by atoms with Gasteiger partial charge < -0.3 is 5.11 Å². The Morgan fingerprint density at radius 3 is 2.76 bits per heavy atom. The van der Waals surface area contributed by atoms with Crippen molar-refractivity contribution < 1.29 is 10.0 Å². The molecule has 1 aliphatic carbocycles. The van der Waals surface area contributed by atoms with Crippen molar-refractivity contribution in [3.8, 4) is 0 Å². The number of nitro benzene ring substituents is 1. The number of hydrogen-bond acceptors (Lipinski definition) is 3. The van der Waals surface area contributed by atoms with Gasteiger partial charge in [0.1, 0.15) is 0 Å². The predicted molar refractivity (Wildman–Crippen MR) is 65.0 cm³/mol. The summed E-state index contributed by atoms with van der Waals surface area (Å²) in [5, 5.41) is 20.4. The summed E-state index contributed by atoms with van der Waals surface area (Å²) in [5.41, 5.74) is 2.24. The fourth-order valence-corrected chi connectivity index (χ4v) is 2.74. The molecular formula is C13H17NO3. The maximum atomic E-state index is 10.8. The number of hydrogen-bond donors (Lipinski definition) is 1. The van der Waals surface area contributed by atoms with Crippen molar-refractivity contribution in [1.82, 2.24) is 0 Å². The summed E-state index contributed by atoms with van der Waals surface area (Å²) in [4.78, 5) is 10.4. The van der Waals surface area contributed by atoms with E-state index < -0.39 is 0 Å². The molecule has 1 N–H and O–H groups in total. The summed E-state index contributed by atoms with van der Waals surface area (Å²) in [7, 11) is 0. The fourth-order valence-electron chi connectivity index (χ4n) is 2.74. The largest absolute Gasteiger partial charge is 0.393 e. The molecule has 1 fully saturated rings. The van der Waals surface area contributed by atoms with E-state index >= 15 is 0 Å². The van der Waals surface area contributed by atoms with Crippen LogP contribution in [0.3, 0.4) is 0 Å². The van der Waals surface area contributed by atoms with Crippen LogP contribution in [0.1, 0.15) is 36.8 Å². The second-order valence-corrected chi connectivity index (χ2v) is 4.78. The number of non-ortho nitro benzene ring substituents is 1. The first-order valence-corrected chi connectivity index (χ1v) is 5.97. The van der Waals surface area contributed by atoms with Crippen molar-refractivity contribution in [3.05, 3.63) is 39.4 Å². The van der Waals surface area contributed by atoms with Crippen molar-refractivity contribution in [2.45, 2.75) is 38.7 Å². The van der Waals surface area contributed by atoms with Gasteiger partial charge in [0, 0.05) is 12.1 Å². The van der Waals surface area contributed by atoms with Gasteiger partial charge in [-0.25, -0.2) is 0 Å². The van der Waals surface area contributed by atoms with Gasteiger partial charge in [-0.1, -0.05) is 19.4 Å². The van der Waals surface area contributed by atoms with Gasteiger partial charge in [-0.15, -0.1) is 0 Å². The van der Waals surface area contributed by atoms with E-state index in [0.29, 0.717) is 0 Å². The predicted octanol–water partition coefficient (Wildman–Crippen LogP) is 2.78. The summed E-state index contributed by atoms with van der Waals surface area (Å²) in [6, 6.07) is 4.99. The lowest BCUT2D eigenvalue weighted by atomic mass is 9.65. The van der Waals surface area contributed by atoms with Crippen LogP contribution < -0.4 is 0 Å². The van der Waals surface area contributed by atoms with Gasteiger partial charge in [0.15, 0.2) is 0 Å². The zero-order valence-electron chi connectivity index (χ0n) is 10.1. The van der Waals surface area contributed by atoms with E-state index in [0.717, 1.165) is 24.0 Å². The second kappa shape index (κ2) is 4.45. The summed E-state index contributed by atoms with van der Waals surface area (Å²) in [6.07, 6.45) is 1.39. The maximum absolute atomic E-state index is 10.8. The minimum atomic E-state index is -0.362. The molecule has 4 heteroatoms. The van der Waals surface area contributed by atoms with Crippen molar-refractivity contribution in [1.29, 1.82) is 0 Å². The Morgan fingerprint density at radius 2 is 2.24 bits per heavy atom. The zero-order valence-corrected chi connectivity index (χ0v) is 10.1. The maximum Gasteiger partial charge on any atom is 0.269 e. The molecule has 0 spiro atoms. The third-order valence-electron chi connectivity index (χ3n) is 3.85. The highest BCUT2D eigenvalue weighted by molar-refractivity contribution is 5.42. The fraction of sp³-hybridized carbons (Fsp3) is 0.538. The van der Waals surface area contributed by atoms with Crippen LogP contribution in [-0.4, -0.2) is 16.1 Å². The topological polar surface area (TPSA) is 63.4 Å². The Balaban J connectivity index is 2.32. The molecule has 1 aliphatic rings. The Hall–Kier alpha value is -1.42. The molecule has 1 saturated carbocycles. The molecule has 0 aliphatic heterocycles. The number of nitrogens with zero attached hydrogens (tertiary/aromatic N) is 1. The quantitative estimate of drug-likeness (QED) is 0.647. The molecule has 0 aromatic heterocycles. The van der Waals surface area contributed by atoms with E-state index in [1.54, 1.807) is 12.1 Å². The van der Waals surface area contributed by atoms with Crippen LogP contribution >= 0.6 is 0 Å². The van der Waals surface area contributed by atoms with Gasteiger partial charge in [-0.05, 0) is 36.3 Å². The summed E-state index contributed by atoms with van der Waals surface area (Å²) >= 11 is 0. The molecule has 17 heavy (non-hydrogen) atoms. The summed E-state index contributed by atoms with van der Waals surface area (Å²) in [5.74, 6) is 0.519. The lowest BCUT2D eigenvalue weighted by Crippen LogP contribution is -2.39. The highest BCUT2D eigenvalue weighted by Gasteiger charge is 2.40. The van der Waals surface area contributed by atoms with Crippen LogP contribution in [0.15, 0.2) is 18.2 Å². The van der Waals surface area contributed by atoms with Crippen LogP contribution in [0.5, 0.6) is 0 Å². The van der Waals surface area contributed by atoms with Gasteiger partial charge in [-0.3, -0.25) is 10.1 Å². The number of nitro groups is 1. The van der Waals surface area contributed by atoms with Crippen LogP contribution in [0.25, 0.3) is 0 Å². The monoisotopic (exact) mass is 235 g/mol. The molecule has 92 valence electrons. The Labute approximate surface area is 100 Å². The smallest absolute Gasteiger partial charge is 0.269 e. The first-order valence-electron chi connectivity index (χ1n) is 5.97. The number of aryl methyl sites for hydroxylation is 1. The molecule has 0 saturated heterocycles. The molecule has 4 nitrogen and oxygen atoms in total. The molecule has 0 amide bonds. The van der Waals surface area contributed by atoms with Crippen LogP contribution in [0.2, 0.25) is 0 Å². The third-order valence-corrected chi connectivity index (χ3v) is 3.85. The van der Waals surface area contributed by atoms with Gasteiger partial charge >= 0.3 is 0 Å². The van der Waals surface area contributed by atoms with Gasteiger partial charge in [0.25, 0.3) is 5.69 Å². The standard InChI is InChI=1S/C13H17NO3/c1-3-10-12(7-13(10)15)11-6-9(14(16)17)5-4-8(11)2/h4-6,10,12-13,15H,3,7H2,1-2H3. The molecule has 3 atom stereocenters. The molecule has 2 rings (SSSR count). The first-order chi connectivity index (χ1) is 8.04. The van der Waals surface area contributed by atoms with Gasteiger partial charge in [0.2, 0.25) is 0 Å². The van der Waals surface area contributed by atoms with Crippen molar-refractivity contribution >= 4 is 5.69 Å². The normalized spacial score (nSPS) is 27.6. The average Bonchev–Trinajstić information content (AvgIpc) is 2.27. The van der Waals surface area contributed by atoms with E-state index in [4.69, 9.17) is 0 Å². The van der Waals surface area contributed by atoms with E-state index in [1.165, 1.54) is 6.07 Å². The lowest BCUT2D eigenvalue weighted by Gasteiger charge is -2.42. The van der Waals surface area contributed by atoms with Crippen LogP contribution in [-0.2, 0) is 0 Å². The molecular weight excluding hydrogens is 218 g/mol. The molecule has 0 bridgehead atoms. The summed E-state index contributed by atoms with van der Waals surface area (Å²) < 4.78 is 0. The van der Waals surface area contributed by atoms with E-state index in [2.05, 4.69) is 0 Å². The number of aliphatic hydroxyl groups excluding tert-OH is 1. The van der Waals surface area contributed by atoms with Crippen molar-refractivity contribution in [2.75, 3.05) is 0 Å². The molecule has 0 radical (unpaired) electrons. The SMILES string of the molecule is CCC1C(O)CC1c1cc([N+](=O)[O-])ccc1C. The number of rotatable bonds is 3. The molecule has 3 unspecified atom stereocenters. The Morgan fingerprint density at radius 1 is 1.53 bits per heavy atom. The van der Waals surface area contributed by atoms with Gasteiger partial charge in [-0.2, -0.15) is 0 Å². The van der Waals surface area contributed by atoms with E-state index in [1.807, 2.05) is 13.8 Å². The zero-order chi connectivity index (χ0) is 12.6. The van der Waals surface area contributed by atoms with Crippen LogP contribution in [0, 0.1) is 23.0 Å². The third kappa shape index (κ3) is 2.05. The first kappa shape index (κ1) is 12.0. The van der Waals surface area contributed by atoms with Gasteiger partial charge in [0.05, 0.1) is 11.0 Å². The second-order valence-electron chi connectivity index (χ2n) is 4.78. The summed E-state index contributed by atoms with van der Waals surface area (Å²) in [6.45, 7) is 4.02. The van der Waals surface area contributed by atoms with Crippen molar-refractivity contribution in [3.63, 3.8) is 0 Å². The lowest BCUT2D eigenvalue weighted by molar-refractivity contribution is -0.385. The van der Waals surface area contributed by atoms with Crippen LogP contribution in [0.4, 0.5) is 5.69 Å². The minimum Gasteiger partial charge on any atom is -0.393 e. The molecule has 1 aromatic carbocycles. The number of aliphatic hydroxyl groups is 1. The van der Waals surface area contributed by atoms with E-state index in [9.17, 15) is 15.2 Å². The average molecular weight is 235 g/mol.